The van der Waals surface area contributed by atoms with Crippen LogP contribution in [0.4, 0.5) is 0 Å². The van der Waals surface area contributed by atoms with E-state index >= 15 is 0 Å². The molecule has 0 saturated carbocycles. The molecule has 1 aromatic rings. The second-order valence-electron chi connectivity index (χ2n) is 5.51. The second kappa shape index (κ2) is 6.17. The van der Waals surface area contributed by atoms with Crippen molar-refractivity contribution in [3.8, 4) is 0 Å². The molecule has 2 aliphatic rings. The van der Waals surface area contributed by atoms with Crippen LogP contribution in [0, 0.1) is 0 Å². The maximum absolute atomic E-state index is 12.6. The van der Waals surface area contributed by atoms with E-state index in [2.05, 4.69) is 0 Å². The molecule has 2 atom stereocenters. The van der Waals surface area contributed by atoms with Gasteiger partial charge in [0.1, 0.15) is 0 Å². The van der Waals surface area contributed by atoms with Crippen molar-refractivity contribution in [1.29, 1.82) is 0 Å². The maximum atomic E-state index is 12.6. The number of furan rings is 1. The van der Waals surface area contributed by atoms with Gasteiger partial charge in [-0.15, -0.1) is 0 Å². The van der Waals surface area contributed by atoms with E-state index in [0.29, 0.717) is 45.3 Å². The first kappa shape index (κ1) is 14.6. The molecule has 2 saturated heterocycles. The fourth-order valence-electron chi connectivity index (χ4n) is 3.04. The summed E-state index contributed by atoms with van der Waals surface area (Å²) >= 11 is 0. The van der Waals surface area contributed by atoms with E-state index in [4.69, 9.17) is 18.6 Å². The fraction of sp³-hybridized carbons (Fsp3) is 0.667. The van der Waals surface area contributed by atoms with Crippen LogP contribution in [0.1, 0.15) is 23.9 Å². The largest absolute Gasteiger partial charge is 0.459 e. The zero-order chi connectivity index (χ0) is 14.7. The van der Waals surface area contributed by atoms with Crippen LogP contribution in [0.25, 0.3) is 0 Å². The molecule has 1 amide bonds. The van der Waals surface area contributed by atoms with Gasteiger partial charge < -0.3 is 23.5 Å². The maximum Gasteiger partial charge on any atom is 0.290 e. The Balaban J connectivity index is 1.74. The Bertz CT molecular complexity index is 474. The van der Waals surface area contributed by atoms with E-state index < -0.39 is 5.54 Å². The number of nitrogens with zero attached hydrogens (tertiary/aromatic N) is 1. The van der Waals surface area contributed by atoms with Crippen LogP contribution < -0.4 is 0 Å². The molecule has 6 heteroatoms. The summed E-state index contributed by atoms with van der Waals surface area (Å²) < 4.78 is 22.1. The van der Waals surface area contributed by atoms with Crippen LogP contribution >= 0.6 is 0 Å². The van der Waals surface area contributed by atoms with Gasteiger partial charge in [0.05, 0.1) is 44.3 Å². The predicted molar refractivity (Wildman–Crippen MR) is 74.1 cm³/mol. The van der Waals surface area contributed by atoms with Crippen molar-refractivity contribution < 1.29 is 23.4 Å². The second-order valence-corrected chi connectivity index (χ2v) is 5.51. The van der Waals surface area contributed by atoms with Gasteiger partial charge >= 0.3 is 0 Å². The molecule has 3 rings (SSSR count). The smallest absolute Gasteiger partial charge is 0.290 e. The minimum atomic E-state index is -0.399. The van der Waals surface area contributed by atoms with Crippen LogP contribution in [0.2, 0.25) is 0 Å². The van der Waals surface area contributed by atoms with Crippen molar-refractivity contribution in [3.05, 3.63) is 24.2 Å². The van der Waals surface area contributed by atoms with Gasteiger partial charge in [0.25, 0.3) is 5.91 Å². The lowest BCUT2D eigenvalue weighted by Crippen LogP contribution is -2.59. The summed E-state index contributed by atoms with van der Waals surface area (Å²) in [7, 11) is 0. The molecular weight excluding hydrogens is 274 g/mol. The molecule has 1 aromatic heterocycles. The lowest BCUT2D eigenvalue weighted by atomic mass is 9.93. The Morgan fingerprint density at radius 2 is 2.43 bits per heavy atom. The number of morpholine rings is 1. The molecule has 21 heavy (non-hydrogen) atoms. The molecular formula is C15H21NO5. The fourth-order valence-corrected chi connectivity index (χ4v) is 3.04. The Kier molecular flexibility index (Phi) is 4.28. The number of carbonyl (C=O) groups excluding carboxylic acids is 1. The Hall–Kier alpha value is -1.37. The average molecular weight is 295 g/mol. The lowest BCUT2D eigenvalue weighted by Gasteiger charge is -2.43. The summed E-state index contributed by atoms with van der Waals surface area (Å²) in [5.74, 6) is 0.272. The van der Waals surface area contributed by atoms with E-state index in [0.717, 1.165) is 6.42 Å². The summed E-state index contributed by atoms with van der Waals surface area (Å²) in [5, 5.41) is 0. The number of amides is 1. The van der Waals surface area contributed by atoms with Gasteiger partial charge in [-0.3, -0.25) is 4.79 Å². The first-order chi connectivity index (χ1) is 10.2. The van der Waals surface area contributed by atoms with Crippen molar-refractivity contribution in [3.63, 3.8) is 0 Å². The molecule has 2 fully saturated rings. The zero-order valence-electron chi connectivity index (χ0n) is 12.2. The summed E-state index contributed by atoms with van der Waals surface area (Å²) in [5.41, 5.74) is -0.399. The third kappa shape index (κ3) is 2.84. The molecule has 6 nitrogen and oxygen atoms in total. The van der Waals surface area contributed by atoms with Crippen LogP contribution in [0.5, 0.6) is 0 Å². The predicted octanol–water partition coefficient (Wildman–Crippen LogP) is 1.32. The number of carbonyl (C=O) groups is 1. The Morgan fingerprint density at radius 1 is 1.52 bits per heavy atom. The van der Waals surface area contributed by atoms with Gasteiger partial charge in [-0.05, 0) is 19.1 Å². The quantitative estimate of drug-likeness (QED) is 0.838. The molecule has 0 radical (unpaired) electrons. The van der Waals surface area contributed by atoms with Crippen molar-refractivity contribution >= 4 is 5.91 Å². The van der Waals surface area contributed by atoms with Crippen LogP contribution in [-0.4, -0.2) is 62.0 Å². The van der Waals surface area contributed by atoms with E-state index in [-0.39, 0.29) is 12.0 Å². The number of ether oxygens (including phenoxy) is 3. The SMILES string of the molecule is CCOC[C@H]1C[C@]2(COCCN2C(=O)c2ccco2)CO1. The van der Waals surface area contributed by atoms with Crippen molar-refractivity contribution in [2.24, 2.45) is 0 Å². The third-order valence-electron chi connectivity index (χ3n) is 4.08. The molecule has 2 aliphatic heterocycles. The van der Waals surface area contributed by atoms with Crippen molar-refractivity contribution in [1.82, 2.24) is 4.90 Å². The van der Waals surface area contributed by atoms with E-state index in [1.54, 1.807) is 12.1 Å². The lowest BCUT2D eigenvalue weighted by molar-refractivity contribution is -0.0569. The number of hydrogen-bond donors (Lipinski definition) is 0. The molecule has 0 aromatic carbocycles. The molecule has 0 bridgehead atoms. The first-order valence-corrected chi connectivity index (χ1v) is 7.38. The highest BCUT2D eigenvalue weighted by Crippen LogP contribution is 2.34. The Labute approximate surface area is 123 Å². The number of rotatable bonds is 4. The molecule has 0 unspecified atom stereocenters. The normalized spacial score (nSPS) is 29.2. The minimum absolute atomic E-state index is 0.0125. The zero-order valence-corrected chi connectivity index (χ0v) is 12.2. The van der Waals surface area contributed by atoms with Gasteiger partial charge in [0.2, 0.25) is 0 Å². The molecule has 0 N–H and O–H groups in total. The summed E-state index contributed by atoms with van der Waals surface area (Å²) in [6.45, 7) is 5.27. The van der Waals surface area contributed by atoms with Crippen LogP contribution in [-0.2, 0) is 14.2 Å². The highest BCUT2D eigenvalue weighted by Gasteiger charge is 2.49. The van der Waals surface area contributed by atoms with Gasteiger partial charge in [-0.25, -0.2) is 0 Å². The van der Waals surface area contributed by atoms with E-state index in [9.17, 15) is 4.79 Å². The molecule has 116 valence electrons. The highest BCUT2D eigenvalue weighted by molar-refractivity contribution is 5.92. The number of hydrogen-bond acceptors (Lipinski definition) is 5. The van der Waals surface area contributed by atoms with E-state index in [1.165, 1.54) is 6.26 Å². The van der Waals surface area contributed by atoms with Crippen LogP contribution in [0.15, 0.2) is 22.8 Å². The summed E-state index contributed by atoms with van der Waals surface area (Å²) in [6, 6.07) is 3.42. The molecule has 0 aliphatic carbocycles. The summed E-state index contributed by atoms with van der Waals surface area (Å²) in [6.07, 6.45) is 2.27. The van der Waals surface area contributed by atoms with Gasteiger partial charge in [-0.2, -0.15) is 0 Å². The molecule has 3 heterocycles. The van der Waals surface area contributed by atoms with E-state index in [1.807, 2.05) is 11.8 Å². The average Bonchev–Trinajstić information content (AvgIpc) is 3.16. The van der Waals surface area contributed by atoms with Crippen molar-refractivity contribution in [2.45, 2.75) is 25.0 Å². The van der Waals surface area contributed by atoms with Crippen molar-refractivity contribution in [2.75, 3.05) is 39.6 Å². The minimum Gasteiger partial charge on any atom is -0.459 e. The monoisotopic (exact) mass is 295 g/mol. The Morgan fingerprint density at radius 3 is 3.19 bits per heavy atom. The highest BCUT2D eigenvalue weighted by atomic mass is 16.5. The first-order valence-electron chi connectivity index (χ1n) is 7.38. The van der Waals surface area contributed by atoms with Crippen LogP contribution in [0.3, 0.4) is 0 Å². The third-order valence-corrected chi connectivity index (χ3v) is 4.08. The topological polar surface area (TPSA) is 61.1 Å². The molecule has 1 spiro atoms. The van der Waals surface area contributed by atoms with Gasteiger partial charge in [0.15, 0.2) is 5.76 Å². The summed E-state index contributed by atoms with van der Waals surface area (Å²) in [4.78, 5) is 14.5. The van der Waals surface area contributed by atoms with Gasteiger partial charge in [-0.1, -0.05) is 0 Å². The standard InChI is InChI=1S/C15H21NO5/c1-2-18-9-12-8-15(11-21-12)10-19-7-5-16(15)14(17)13-4-3-6-20-13/h3-4,6,12H,2,5,7-11H2,1H3/t12-,15+/m1/s1. The van der Waals surface area contributed by atoms with Gasteiger partial charge in [0, 0.05) is 19.6 Å².